The largest absolute Gasteiger partial charge is 0.489 e. The van der Waals surface area contributed by atoms with Crippen LogP contribution in [0.15, 0.2) is 42.5 Å². The van der Waals surface area contributed by atoms with E-state index in [2.05, 4.69) is 5.32 Å². The Balaban J connectivity index is 1.64. The molecule has 0 radical (unpaired) electrons. The molecule has 0 heterocycles. The van der Waals surface area contributed by atoms with E-state index in [-0.39, 0.29) is 24.9 Å². The number of nitrogens with one attached hydrogen (secondary N) is 1. The number of ether oxygens (including phenoxy) is 2. The molecule has 3 rings (SSSR count). The number of carbonyl (C=O) groups excluding carboxylic acids is 2. The summed E-state index contributed by atoms with van der Waals surface area (Å²) in [6.07, 6.45) is 1.06. The molecule has 36 heavy (non-hydrogen) atoms. The van der Waals surface area contributed by atoms with Crippen LogP contribution < -0.4 is 10.1 Å². The van der Waals surface area contributed by atoms with Crippen LogP contribution in [0.3, 0.4) is 0 Å². The minimum atomic E-state index is -1.14. The van der Waals surface area contributed by atoms with Crippen LogP contribution in [-0.4, -0.2) is 36.1 Å². The van der Waals surface area contributed by atoms with Crippen molar-refractivity contribution < 1.29 is 29.0 Å². The fraction of sp³-hybridized carbons (Fsp3) is 0.444. The number of aliphatic carboxylic acids is 1. The van der Waals surface area contributed by atoms with Crippen molar-refractivity contribution in [1.82, 2.24) is 5.32 Å². The van der Waals surface area contributed by atoms with Crippen molar-refractivity contribution >= 4 is 41.0 Å². The molecule has 0 aliphatic heterocycles. The Kier molecular flexibility index (Phi) is 8.57. The highest BCUT2D eigenvalue weighted by molar-refractivity contribution is 6.35. The lowest BCUT2D eigenvalue weighted by Crippen LogP contribution is -2.50. The zero-order chi connectivity index (χ0) is 26.7. The fourth-order valence-electron chi connectivity index (χ4n) is 4.81. The molecule has 0 unspecified atom stereocenters. The molecule has 0 spiro atoms. The molecule has 1 aliphatic carbocycles. The van der Waals surface area contributed by atoms with E-state index in [4.69, 9.17) is 32.7 Å². The van der Waals surface area contributed by atoms with Crippen molar-refractivity contribution in [3.05, 3.63) is 63.6 Å². The lowest BCUT2D eigenvalue weighted by Gasteiger charge is -2.39. The predicted molar refractivity (Wildman–Crippen MR) is 137 cm³/mol. The zero-order valence-electron chi connectivity index (χ0n) is 20.8. The molecule has 0 aromatic heterocycles. The number of carboxylic acid groups (broad SMARTS) is 1. The topological polar surface area (TPSA) is 102 Å². The molecular formula is C27H31Cl2NO6. The van der Waals surface area contributed by atoms with E-state index in [1.165, 1.54) is 7.11 Å². The maximum atomic E-state index is 13.1. The van der Waals surface area contributed by atoms with Gasteiger partial charge in [-0.05, 0) is 55.0 Å². The van der Waals surface area contributed by atoms with Crippen molar-refractivity contribution in [2.45, 2.75) is 52.7 Å². The minimum absolute atomic E-state index is 0.0963. The van der Waals surface area contributed by atoms with Gasteiger partial charge in [0.15, 0.2) is 0 Å². The number of halogens is 2. The zero-order valence-corrected chi connectivity index (χ0v) is 22.3. The van der Waals surface area contributed by atoms with Crippen LogP contribution in [0.25, 0.3) is 0 Å². The molecule has 3 atom stereocenters. The van der Waals surface area contributed by atoms with Crippen molar-refractivity contribution in [2.75, 3.05) is 7.11 Å². The third-order valence-electron chi connectivity index (χ3n) is 7.60. The molecule has 7 nitrogen and oxygen atoms in total. The van der Waals surface area contributed by atoms with E-state index in [1.54, 1.807) is 49.4 Å². The van der Waals surface area contributed by atoms with E-state index in [0.29, 0.717) is 34.2 Å². The van der Waals surface area contributed by atoms with Gasteiger partial charge in [0.2, 0.25) is 5.91 Å². The summed E-state index contributed by atoms with van der Waals surface area (Å²) in [7, 11) is 1.33. The summed E-state index contributed by atoms with van der Waals surface area (Å²) >= 11 is 12.4. The molecule has 0 saturated heterocycles. The highest BCUT2D eigenvalue weighted by Gasteiger charge is 2.58. The number of hydrogen-bond acceptors (Lipinski definition) is 5. The highest BCUT2D eigenvalue weighted by atomic mass is 35.5. The van der Waals surface area contributed by atoms with E-state index in [9.17, 15) is 19.5 Å². The number of carboxylic acids is 1. The van der Waals surface area contributed by atoms with Crippen LogP contribution in [0.2, 0.25) is 10.0 Å². The first-order valence-electron chi connectivity index (χ1n) is 11.7. The smallest absolute Gasteiger partial charge is 0.326 e. The summed E-state index contributed by atoms with van der Waals surface area (Å²) in [6, 6.07) is 11.1. The van der Waals surface area contributed by atoms with Crippen molar-refractivity contribution in [3.63, 3.8) is 0 Å². The number of carbonyl (C=O) groups is 3. The average Bonchev–Trinajstić information content (AvgIpc) is 3.08. The van der Waals surface area contributed by atoms with Gasteiger partial charge in [0.25, 0.3) is 0 Å². The van der Waals surface area contributed by atoms with E-state index < -0.39 is 28.8 Å². The minimum Gasteiger partial charge on any atom is -0.489 e. The standard InChI is InChI=1S/C27H31Cl2NO6/c1-26(2)19(12-13-27(26,3)25(34)35-4)23(31)30-22(24(32)33)14-16-8-10-17(11-9-16)36-15-18-20(28)6-5-7-21(18)29/h5-11,19,22H,12-15H2,1-4H3,(H,30,31)(H,32,33)/t19-,22-,27+/m0/s1. The average molecular weight is 536 g/mol. The van der Waals surface area contributed by atoms with Gasteiger partial charge in [-0.1, -0.05) is 55.2 Å². The number of amides is 1. The molecule has 1 amide bonds. The summed E-state index contributed by atoms with van der Waals surface area (Å²) in [5, 5.41) is 13.5. The van der Waals surface area contributed by atoms with Crippen LogP contribution in [-0.2, 0) is 32.1 Å². The summed E-state index contributed by atoms with van der Waals surface area (Å²) < 4.78 is 10.7. The van der Waals surface area contributed by atoms with Gasteiger partial charge in [-0.25, -0.2) is 4.79 Å². The number of esters is 1. The fourth-order valence-corrected chi connectivity index (χ4v) is 5.31. The first-order valence-corrected chi connectivity index (χ1v) is 12.4. The molecular weight excluding hydrogens is 505 g/mol. The number of rotatable bonds is 9. The molecule has 194 valence electrons. The summed E-state index contributed by atoms with van der Waals surface area (Å²) in [5.74, 6) is -1.83. The maximum Gasteiger partial charge on any atom is 0.326 e. The normalized spacial score (nSPS) is 21.4. The Bertz CT molecular complexity index is 1110. The van der Waals surface area contributed by atoms with Gasteiger partial charge in [0.1, 0.15) is 18.4 Å². The van der Waals surface area contributed by atoms with Crippen LogP contribution in [0.1, 0.15) is 44.7 Å². The number of methoxy groups -OCH3 is 1. The number of benzene rings is 2. The molecule has 1 aliphatic rings. The molecule has 0 bridgehead atoms. The van der Waals surface area contributed by atoms with E-state index in [0.717, 1.165) is 5.56 Å². The molecule has 2 aromatic rings. The second-order valence-electron chi connectivity index (χ2n) is 9.87. The van der Waals surface area contributed by atoms with Gasteiger partial charge in [-0.15, -0.1) is 0 Å². The van der Waals surface area contributed by atoms with Gasteiger partial charge in [0.05, 0.1) is 12.5 Å². The first kappa shape index (κ1) is 27.8. The quantitative estimate of drug-likeness (QED) is 0.422. The second-order valence-corrected chi connectivity index (χ2v) is 10.7. The number of hydrogen-bond donors (Lipinski definition) is 2. The predicted octanol–water partition coefficient (Wildman–Crippen LogP) is 5.30. The third kappa shape index (κ3) is 5.62. The molecule has 2 N–H and O–H groups in total. The van der Waals surface area contributed by atoms with Gasteiger partial charge in [0, 0.05) is 27.9 Å². The summed E-state index contributed by atoms with van der Waals surface area (Å²) in [5.41, 5.74) is -0.129. The van der Waals surface area contributed by atoms with Gasteiger partial charge < -0.3 is 19.9 Å². The molecule has 1 fully saturated rings. The Hall–Kier alpha value is -2.77. The van der Waals surface area contributed by atoms with Crippen molar-refractivity contribution in [2.24, 2.45) is 16.7 Å². The van der Waals surface area contributed by atoms with Gasteiger partial charge >= 0.3 is 11.9 Å². The molecule has 1 saturated carbocycles. The van der Waals surface area contributed by atoms with Crippen LogP contribution in [0, 0.1) is 16.7 Å². The van der Waals surface area contributed by atoms with Gasteiger partial charge in [-0.3, -0.25) is 9.59 Å². The molecule has 2 aromatic carbocycles. The highest BCUT2D eigenvalue weighted by Crippen LogP contribution is 2.56. The summed E-state index contributed by atoms with van der Waals surface area (Å²) in [6.45, 7) is 5.69. The molecule has 9 heteroatoms. The second kappa shape index (κ2) is 11.1. The van der Waals surface area contributed by atoms with Crippen LogP contribution in [0.5, 0.6) is 5.75 Å². The monoisotopic (exact) mass is 535 g/mol. The van der Waals surface area contributed by atoms with E-state index >= 15 is 0 Å². The SMILES string of the molecule is COC(=O)[C@@]1(C)CC[C@@H](C(=O)N[C@@H](Cc2ccc(OCc3c(Cl)cccc3Cl)cc2)C(=O)O)C1(C)C. The lowest BCUT2D eigenvalue weighted by molar-refractivity contribution is -0.159. The Morgan fingerprint density at radius 3 is 2.25 bits per heavy atom. The van der Waals surface area contributed by atoms with Crippen LogP contribution >= 0.6 is 23.2 Å². The lowest BCUT2D eigenvalue weighted by atomic mass is 9.65. The maximum absolute atomic E-state index is 13.1. The van der Waals surface area contributed by atoms with Crippen molar-refractivity contribution in [1.29, 1.82) is 0 Å². The Morgan fingerprint density at radius 1 is 1.08 bits per heavy atom. The first-order chi connectivity index (χ1) is 16.9. The Labute approximate surface area is 221 Å². The van der Waals surface area contributed by atoms with Crippen LogP contribution in [0.4, 0.5) is 0 Å². The summed E-state index contributed by atoms with van der Waals surface area (Å²) in [4.78, 5) is 37.5. The Morgan fingerprint density at radius 2 is 1.69 bits per heavy atom. The third-order valence-corrected chi connectivity index (χ3v) is 8.31. The van der Waals surface area contributed by atoms with Gasteiger partial charge in [-0.2, -0.15) is 0 Å². The van der Waals surface area contributed by atoms with Crippen molar-refractivity contribution in [3.8, 4) is 5.75 Å². The van der Waals surface area contributed by atoms with E-state index in [1.807, 2.05) is 13.8 Å².